The van der Waals surface area contributed by atoms with Gasteiger partial charge in [0.2, 0.25) is 5.13 Å². The maximum Gasteiger partial charge on any atom is 0.210 e. The fourth-order valence-electron chi connectivity index (χ4n) is 1.94. The van der Waals surface area contributed by atoms with Crippen molar-refractivity contribution in [1.29, 1.82) is 0 Å². The summed E-state index contributed by atoms with van der Waals surface area (Å²) in [6.07, 6.45) is 1.17. The van der Waals surface area contributed by atoms with Crippen molar-refractivity contribution in [3.8, 4) is 5.75 Å². The van der Waals surface area contributed by atoms with Crippen LogP contribution in [0.3, 0.4) is 0 Å². The second-order valence-electron chi connectivity index (χ2n) is 4.64. The zero-order valence-electron chi connectivity index (χ0n) is 12.2. The van der Waals surface area contributed by atoms with Gasteiger partial charge >= 0.3 is 0 Å². The molecule has 2 aromatic rings. The predicted octanol–water partition coefficient (Wildman–Crippen LogP) is 3.15. The molecule has 0 bridgehead atoms. The average Bonchev–Trinajstić information content (AvgIpc) is 3.01. The Bertz CT molecular complexity index is 603. The molecule has 1 aliphatic rings. The lowest BCUT2D eigenvalue weighted by Gasteiger charge is -2.21. The number of benzene rings is 1. The molecule has 3 rings (SSSR count). The molecular formula is C14H17N3O3S2. The number of thioether (sulfide) groups is 1. The highest BCUT2D eigenvalue weighted by Crippen LogP contribution is 2.29. The van der Waals surface area contributed by atoms with E-state index in [1.807, 2.05) is 24.3 Å². The lowest BCUT2D eigenvalue weighted by atomic mass is 10.3. The van der Waals surface area contributed by atoms with Crippen LogP contribution < -0.4 is 10.1 Å². The molecule has 2 heterocycles. The minimum atomic E-state index is 0.234. The molecule has 1 aliphatic heterocycles. The van der Waals surface area contributed by atoms with Crippen LogP contribution in [0.4, 0.5) is 10.8 Å². The lowest BCUT2D eigenvalue weighted by Crippen LogP contribution is -2.25. The number of hydrogen-bond acceptors (Lipinski definition) is 8. The molecule has 0 amide bonds. The smallest absolute Gasteiger partial charge is 0.210 e. The van der Waals surface area contributed by atoms with Crippen LogP contribution in [-0.4, -0.2) is 42.6 Å². The zero-order chi connectivity index (χ0) is 15.2. The third-order valence-corrected chi connectivity index (χ3v) is 5.20. The summed E-state index contributed by atoms with van der Waals surface area (Å²) < 4.78 is 16.8. The van der Waals surface area contributed by atoms with Gasteiger partial charge in [-0.1, -0.05) is 29.2 Å². The molecule has 6 nitrogen and oxygen atoms in total. The standard InChI is InChI=1S/C14H17N3O3S2/c1-18-11-4-2-3-10(7-11)15-13-16-17-14(22-13)21-8-12-5-6-19-9-20-12/h2-4,7,12H,5-6,8-9H2,1H3,(H,15,16)/t12-/m0/s1. The number of nitrogens with one attached hydrogen (secondary N) is 1. The largest absolute Gasteiger partial charge is 0.497 e. The Morgan fingerprint density at radius 3 is 3.23 bits per heavy atom. The lowest BCUT2D eigenvalue weighted by molar-refractivity contribution is -0.130. The van der Waals surface area contributed by atoms with Gasteiger partial charge in [-0.2, -0.15) is 0 Å². The van der Waals surface area contributed by atoms with E-state index in [-0.39, 0.29) is 6.10 Å². The summed E-state index contributed by atoms with van der Waals surface area (Å²) in [6, 6.07) is 7.72. The van der Waals surface area contributed by atoms with Gasteiger partial charge < -0.3 is 19.5 Å². The van der Waals surface area contributed by atoms with Crippen molar-refractivity contribution in [2.45, 2.75) is 16.9 Å². The fourth-order valence-corrected chi connectivity index (χ4v) is 3.80. The number of rotatable bonds is 6. The average molecular weight is 339 g/mol. The minimum Gasteiger partial charge on any atom is -0.497 e. The van der Waals surface area contributed by atoms with Crippen LogP contribution in [0.25, 0.3) is 0 Å². The number of methoxy groups -OCH3 is 1. The van der Waals surface area contributed by atoms with Crippen LogP contribution >= 0.6 is 23.1 Å². The summed E-state index contributed by atoms with van der Waals surface area (Å²) >= 11 is 3.20. The number of anilines is 2. The van der Waals surface area contributed by atoms with E-state index in [9.17, 15) is 0 Å². The molecule has 0 saturated carbocycles. The molecule has 1 atom stereocenters. The molecule has 0 unspecified atom stereocenters. The molecule has 1 fully saturated rings. The maximum absolute atomic E-state index is 5.51. The Morgan fingerprint density at radius 2 is 2.41 bits per heavy atom. The van der Waals surface area contributed by atoms with Crippen molar-refractivity contribution in [3.05, 3.63) is 24.3 Å². The second-order valence-corrected chi connectivity index (χ2v) is 6.89. The van der Waals surface area contributed by atoms with Gasteiger partial charge in [0.25, 0.3) is 0 Å². The highest BCUT2D eigenvalue weighted by molar-refractivity contribution is 8.01. The maximum atomic E-state index is 5.51. The first-order valence-corrected chi connectivity index (χ1v) is 8.70. The normalized spacial score (nSPS) is 18.1. The van der Waals surface area contributed by atoms with E-state index in [4.69, 9.17) is 14.2 Å². The van der Waals surface area contributed by atoms with Crippen molar-refractivity contribution in [2.24, 2.45) is 0 Å². The van der Waals surface area contributed by atoms with Gasteiger partial charge in [-0.15, -0.1) is 10.2 Å². The van der Waals surface area contributed by atoms with Gasteiger partial charge in [-0.05, 0) is 18.6 Å². The van der Waals surface area contributed by atoms with Gasteiger partial charge in [-0.3, -0.25) is 0 Å². The Morgan fingerprint density at radius 1 is 1.45 bits per heavy atom. The summed E-state index contributed by atoms with van der Waals surface area (Å²) in [7, 11) is 1.65. The highest BCUT2D eigenvalue weighted by atomic mass is 32.2. The molecule has 0 spiro atoms. The van der Waals surface area contributed by atoms with Crippen LogP contribution in [0.5, 0.6) is 5.75 Å². The van der Waals surface area contributed by atoms with Crippen molar-refractivity contribution < 1.29 is 14.2 Å². The number of ether oxygens (including phenoxy) is 3. The van der Waals surface area contributed by atoms with E-state index >= 15 is 0 Å². The monoisotopic (exact) mass is 339 g/mol. The van der Waals surface area contributed by atoms with Gasteiger partial charge in [0, 0.05) is 17.5 Å². The van der Waals surface area contributed by atoms with E-state index in [0.29, 0.717) is 6.79 Å². The molecule has 22 heavy (non-hydrogen) atoms. The first-order valence-electron chi connectivity index (χ1n) is 6.90. The molecule has 0 aliphatic carbocycles. The molecule has 1 N–H and O–H groups in total. The van der Waals surface area contributed by atoms with E-state index < -0.39 is 0 Å². The molecular weight excluding hydrogens is 322 g/mol. The molecule has 1 aromatic heterocycles. The summed E-state index contributed by atoms with van der Waals surface area (Å²) in [5.41, 5.74) is 0.930. The summed E-state index contributed by atoms with van der Waals surface area (Å²) in [5, 5.41) is 12.4. The second kappa shape index (κ2) is 7.77. The Kier molecular flexibility index (Phi) is 5.49. The molecule has 1 saturated heterocycles. The number of aromatic nitrogens is 2. The van der Waals surface area contributed by atoms with Gasteiger partial charge in [0.05, 0.1) is 19.8 Å². The van der Waals surface area contributed by atoms with E-state index in [1.165, 1.54) is 11.3 Å². The van der Waals surface area contributed by atoms with Crippen molar-refractivity contribution in [2.75, 3.05) is 31.6 Å². The van der Waals surface area contributed by atoms with E-state index in [2.05, 4.69) is 15.5 Å². The first kappa shape index (κ1) is 15.5. The molecule has 8 heteroatoms. The summed E-state index contributed by atoms with van der Waals surface area (Å²) in [5.74, 6) is 1.68. The molecule has 1 aromatic carbocycles. The summed E-state index contributed by atoms with van der Waals surface area (Å²) in [4.78, 5) is 0. The third-order valence-electron chi connectivity index (χ3n) is 3.09. The number of nitrogens with zero attached hydrogens (tertiary/aromatic N) is 2. The van der Waals surface area contributed by atoms with Crippen LogP contribution in [0.2, 0.25) is 0 Å². The van der Waals surface area contributed by atoms with Crippen molar-refractivity contribution in [1.82, 2.24) is 10.2 Å². The first-order chi connectivity index (χ1) is 10.8. The van der Waals surface area contributed by atoms with E-state index in [0.717, 1.165) is 39.7 Å². The quantitative estimate of drug-likeness (QED) is 0.811. The SMILES string of the molecule is COc1cccc(Nc2nnc(SC[C@@H]3CCOCO3)s2)c1. The summed E-state index contributed by atoms with van der Waals surface area (Å²) in [6.45, 7) is 1.16. The third kappa shape index (κ3) is 4.33. The zero-order valence-corrected chi connectivity index (χ0v) is 13.8. The topological polar surface area (TPSA) is 65.5 Å². The number of hydrogen-bond donors (Lipinski definition) is 1. The Balaban J connectivity index is 1.54. The predicted molar refractivity (Wildman–Crippen MR) is 87.2 cm³/mol. The van der Waals surface area contributed by atoms with Gasteiger partial charge in [0.1, 0.15) is 12.5 Å². The van der Waals surface area contributed by atoms with Gasteiger partial charge in [-0.25, -0.2) is 0 Å². The molecule has 118 valence electrons. The molecule has 0 radical (unpaired) electrons. The fraction of sp³-hybridized carbons (Fsp3) is 0.429. The van der Waals surface area contributed by atoms with Gasteiger partial charge in [0.15, 0.2) is 4.34 Å². The van der Waals surface area contributed by atoms with Crippen molar-refractivity contribution in [3.63, 3.8) is 0 Å². The van der Waals surface area contributed by atoms with Crippen LogP contribution in [0.15, 0.2) is 28.6 Å². The Hall–Kier alpha value is -1.35. The van der Waals surface area contributed by atoms with Crippen LogP contribution in [-0.2, 0) is 9.47 Å². The minimum absolute atomic E-state index is 0.234. The Labute approximate surface area is 137 Å². The van der Waals surface area contributed by atoms with E-state index in [1.54, 1.807) is 18.9 Å². The highest BCUT2D eigenvalue weighted by Gasteiger charge is 2.15. The van der Waals surface area contributed by atoms with Crippen LogP contribution in [0, 0.1) is 0 Å². The van der Waals surface area contributed by atoms with Crippen LogP contribution in [0.1, 0.15) is 6.42 Å². The van der Waals surface area contributed by atoms with Crippen molar-refractivity contribution >= 4 is 33.9 Å².